The molecule has 4 aromatic carbocycles. The topological polar surface area (TPSA) is 159 Å². The molecule has 0 unspecified atom stereocenters. The molecule has 4 spiro atoms. The first-order chi connectivity index (χ1) is 59.8. The van der Waals surface area contributed by atoms with E-state index in [1.54, 1.807) is 36.4 Å². The summed E-state index contributed by atoms with van der Waals surface area (Å²) in [7, 11) is 0. The van der Waals surface area contributed by atoms with Gasteiger partial charge in [0.05, 0.1) is 74.0 Å². The summed E-state index contributed by atoms with van der Waals surface area (Å²) in [4.78, 5) is 94.3. The molecular formula is C102H82F6N4O6S6. The smallest absolute Gasteiger partial charge is 0.289 e. The zero-order chi connectivity index (χ0) is 87.4. The molecule has 124 heavy (non-hydrogen) atoms. The highest BCUT2D eigenvalue weighted by molar-refractivity contribution is 7.40. The van der Waals surface area contributed by atoms with Gasteiger partial charge < -0.3 is 0 Å². The lowest BCUT2D eigenvalue weighted by atomic mass is 9.67. The van der Waals surface area contributed by atoms with Gasteiger partial charge in [-0.3, -0.25) is 28.8 Å². The zero-order valence-electron chi connectivity index (χ0n) is 69.0. The van der Waals surface area contributed by atoms with E-state index >= 15 is 0 Å². The highest BCUT2D eigenvalue weighted by Gasteiger charge is 2.53. The monoisotopic (exact) mass is 1760 g/mol. The van der Waals surface area contributed by atoms with E-state index in [1.807, 2.05) is 181 Å². The fourth-order valence-electron chi connectivity index (χ4n) is 21.4. The molecule has 0 N–H and O–H groups in total. The summed E-state index contributed by atoms with van der Waals surface area (Å²) in [5, 5.41) is 20.1. The van der Waals surface area contributed by atoms with E-state index in [0.29, 0.717) is 77.9 Å². The number of allylic oxidation sites excluding steroid dienone is 16. The summed E-state index contributed by atoms with van der Waals surface area (Å²) >= 11 is 11.3. The normalized spacial score (nSPS) is 20.5. The minimum Gasteiger partial charge on any atom is -0.289 e. The van der Waals surface area contributed by atoms with Crippen molar-refractivity contribution in [1.82, 2.24) is 0 Å². The van der Waals surface area contributed by atoms with Gasteiger partial charge in [0.15, 0.2) is 34.7 Å². The third kappa shape index (κ3) is 13.7. The second kappa shape index (κ2) is 32.9. The average molecular weight is 1770 g/mol. The number of halogens is 6. The lowest BCUT2D eigenvalue weighted by Gasteiger charge is -2.37. The number of thiophene rings is 6. The van der Waals surface area contributed by atoms with Crippen LogP contribution in [-0.2, 0) is 21.7 Å². The molecule has 6 aromatic heterocycles. The van der Waals surface area contributed by atoms with Crippen LogP contribution in [0.3, 0.4) is 0 Å². The molecule has 10 nitrogen and oxygen atoms in total. The molecule has 0 amide bonds. The zero-order valence-corrected chi connectivity index (χ0v) is 73.9. The number of Topliss-reactive ketones (excluding diaryl/α,β-unsaturated/α-hetero) is 6. The number of alkyl halides is 6. The van der Waals surface area contributed by atoms with Crippen molar-refractivity contribution < 1.29 is 55.1 Å². The maximum absolute atomic E-state index is 14.1. The predicted molar refractivity (Wildman–Crippen MR) is 490 cm³/mol. The fraction of sp³-hybridized carbons (Fsp3) is 0.314. The highest BCUT2D eigenvalue weighted by atomic mass is 32.1. The molecule has 6 heterocycles. The lowest BCUT2D eigenvalue weighted by Crippen LogP contribution is -2.29. The van der Waals surface area contributed by atoms with Gasteiger partial charge in [0.2, 0.25) is 0 Å². The van der Waals surface area contributed by atoms with Crippen LogP contribution in [0.15, 0.2) is 177 Å². The minimum absolute atomic E-state index is 0.0541. The van der Waals surface area contributed by atoms with Crippen LogP contribution in [0.2, 0.25) is 0 Å². The Balaban J connectivity index is 0.000000154. The van der Waals surface area contributed by atoms with Gasteiger partial charge in [-0.25, -0.2) is 20.2 Å². The molecule has 0 bridgehead atoms. The molecule has 12 aliphatic carbocycles. The van der Waals surface area contributed by atoms with Gasteiger partial charge in [0.1, 0.15) is 0 Å². The number of benzene rings is 4. The summed E-state index contributed by atoms with van der Waals surface area (Å²) < 4.78 is 72.9. The van der Waals surface area contributed by atoms with Crippen LogP contribution in [0, 0.1) is 35.8 Å². The maximum atomic E-state index is 14.1. The molecule has 0 saturated heterocycles. The van der Waals surface area contributed by atoms with Gasteiger partial charge in [-0.05, 0) is 156 Å². The standard InChI is InChI=1S/C50H32N4O2S3.C44H32O4S3.2C2H3F3.2C2H6/c1-53-35(25-51)39-29-13-5-7-15-31(29)43(55)33(39)21-27-23-37-41(49(27)17-9-3-10-18-49)45-47(57-37)48-46(59-45)42-38(58-48)24-28(50(42)19-11-4-12-20-50)22-34-40(36(26-52)54-2)30-14-6-8-16-32(30)44(34)56;45-35-25-11-3-4-12-26(25)36(46)29(35)19-23-21-31-33(43(23)15-7-1-8-16-43)39-41(49-31)42-40(51-39)34-32(50-42)22-24(44(34)17-9-2-10-18-44)20-30-37(47)27-13-5-6-14-28(27)38(30)48;2*1-2(3,4)5;2*1-2/h5-8,13-16,21-24H,3-4,9-12,17-20H2;3-6,11-14,19-22H,1-2,7-10,15-18H2;2*1H3;2*1-2H3/b33-21-,34-22+,39-35+,40-36?;;;;;. The first-order valence-corrected chi connectivity index (χ1v) is 47.3. The Morgan fingerprint density at radius 1 is 0.331 bits per heavy atom. The van der Waals surface area contributed by atoms with Crippen LogP contribution in [0.25, 0.3) is 82.7 Å². The van der Waals surface area contributed by atoms with E-state index in [-0.39, 0.29) is 81.6 Å². The summed E-state index contributed by atoms with van der Waals surface area (Å²) in [5.41, 5.74) is 15.9. The number of nitriles is 2. The molecular weight excluding hydrogens is 1680 g/mol. The Labute approximate surface area is 738 Å². The van der Waals surface area contributed by atoms with Crippen molar-refractivity contribution in [2.24, 2.45) is 0 Å². The number of ketones is 6. The number of fused-ring (bicyclic) bond motifs is 22. The SMILES string of the molecule is CC.CC.CC(F)(F)F.CC(F)(F)F.O=C1C(=CC2=Cc3sc4c(sc5c6c(sc54)C=C(C=C4C(=O)c5ccccc5C4=O)C64CCCCC4)c3C23CCCCC3)C(=O)c2ccccc21.[C-]#[N+]C(C#N)=C1/C(=C\C2=Cc3sc4c(sc5c6c(sc54)C=C(/C=C4\C(=O)c5ccccc5\C4=C(\C#N)[N+]#[C-])C64CCCCC4)c3C23CCCCC3)C(=O)c2ccccc21. The molecule has 22 heteroatoms. The molecule has 10 aromatic rings. The third-order valence-corrected chi connectivity index (χ3v) is 34.2. The quantitative estimate of drug-likeness (QED) is 0.0554. The van der Waals surface area contributed by atoms with Crippen LogP contribution in [-0.4, -0.2) is 47.1 Å². The van der Waals surface area contributed by atoms with Crippen LogP contribution in [0.1, 0.15) is 285 Å². The van der Waals surface area contributed by atoms with E-state index in [2.05, 4.69) is 46.1 Å². The van der Waals surface area contributed by atoms with Gasteiger partial charge in [0, 0.05) is 111 Å². The Morgan fingerprint density at radius 2 is 0.524 bits per heavy atom. The maximum Gasteiger partial charge on any atom is 0.386 e. The first-order valence-electron chi connectivity index (χ1n) is 42.4. The molecule has 0 atom stereocenters. The van der Waals surface area contributed by atoms with Crippen LogP contribution in [0.4, 0.5) is 26.3 Å². The minimum atomic E-state index is -4.00. The number of carbonyl (C=O) groups excluding carboxylic acids is 6. The van der Waals surface area contributed by atoms with Crippen molar-refractivity contribution in [3.05, 3.63) is 286 Å². The second-order valence-corrected chi connectivity index (χ2v) is 39.3. The van der Waals surface area contributed by atoms with Gasteiger partial charge in [0.25, 0.3) is 11.4 Å². The van der Waals surface area contributed by atoms with Gasteiger partial charge >= 0.3 is 12.4 Å². The molecule has 0 radical (unpaired) electrons. The summed E-state index contributed by atoms with van der Waals surface area (Å²) in [6, 6.07) is 33.2. The second-order valence-electron chi connectivity index (χ2n) is 33.0. The highest BCUT2D eigenvalue weighted by Crippen LogP contribution is 2.67. The van der Waals surface area contributed by atoms with Crippen molar-refractivity contribution in [1.29, 1.82) is 10.5 Å². The average Bonchev–Trinajstić information content (AvgIpc) is 1.52. The molecule has 4 saturated carbocycles. The summed E-state index contributed by atoms with van der Waals surface area (Å²) in [6.07, 6.45) is 30.7. The van der Waals surface area contributed by atoms with Crippen molar-refractivity contribution >= 4 is 176 Å². The van der Waals surface area contributed by atoms with E-state index in [0.717, 1.165) is 138 Å². The lowest BCUT2D eigenvalue weighted by molar-refractivity contribution is -0.111. The molecule has 624 valence electrons. The van der Waals surface area contributed by atoms with E-state index in [4.69, 9.17) is 13.1 Å². The van der Waals surface area contributed by atoms with E-state index in [1.165, 1.54) is 92.2 Å². The number of hydrogen-bond acceptors (Lipinski definition) is 14. The van der Waals surface area contributed by atoms with E-state index < -0.39 is 12.4 Å². The summed E-state index contributed by atoms with van der Waals surface area (Å²) in [5.74, 6) is -0.892. The summed E-state index contributed by atoms with van der Waals surface area (Å²) in [6.45, 7) is 24.0. The van der Waals surface area contributed by atoms with Crippen molar-refractivity contribution in [2.45, 2.75) is 204 Å². The Morgan fingerprint density at radius 3 is 0.734 bits per heavy atom. The van der Waals surface area contributed by atoms with Crippen molar-refractivity contribution in [2.75, 3.05) is 0 Å². The fourth-order valence-corrected chi connectivity index (χ4v) is 31.0. The molecule has 4 fully saturated rings. The molecule has 0 aliphatic heterocycles. The molecule has 22 rings (SSSR count). The van der Waals surface area contributed by atoms with Gasteiger partial charge in [-0.2, -0.15) is 26.3 Å². The number of rotatable bonds is 4. The Hall–Kier alpha value is -10.9. The van der Waals surface area contributed by atoms with Crippen molar-refractivity contribution in [3.63, 3.8) is 0 Å². The third-order valence-electron chi connectivity index (χ3n) is 26.3. The van der Waals surface area contributed by atoms with Crippen LogP contribution >= 0.6 is 68.0 Å². The van der Waals surface area contributed by atoms with E-state index in [9.17, 15) is 65.6 Å². The van der Waals surface area contributed by atoms with Crippen LogP contribution < -0.4 is 0 Å². The predicted octanol–water partition coefficient (Wildman–Crippen LogP) is 29.9. The van der Waals surface area contributed by atoms with Gasteiger partial charge in [-0.1, -0.05) is 202 Å². The molecule has 12 aliphatic rings. The number of carbonyl (C=O) groups is 6. The Bertz CT molecular complexity index is 6350. The first kappa shape index (κ1) is 85.3. The number of hydrogen-bond donors (Lipinski definition) is 0. The largest absolute Gasteiger partial charge is 0.386 e. The van der Waals surface area contributed by atoms with Crippen molar-refractivity contribution in [3.8, 4) is 12.1 Å². The Kier molecular flexibility index (Phi) is 22.6. The van der Waals surface area contributed by atoms with Crippen LogP contribution in [0.5, 0.6) is 0 Å². The number of nitrogens with zero attached hydrogens (tertiary/aromatic N) is 4. The van der Waals surface area contributed by atoms with Gasteiger partial charge in [-0.15, -0.1) is 68.0 Å².